The van der Waals surface area contributed by atoms with Gasteiger partial charge in [-0.3, -0.25) is 0 Å². The summed E-state index contributed by atoms with van der Waals surface area (Å²) in [5.41, 5.74) is 3.34. The van der Waals surface area contributed by atoms with Crippen molar-refractivity contribution in [2.24, 2.45) is 0 Å². The minimum Gasteiger partial charge on any atom is -0.481 e. The summed E-state index contributed by atoms with van der Waals surface area (Å²) in [5, 5.41) is 7.03. The number of nitrogens with one attached hydrogen (secondary N) is 2. The number of aromatic nitrogens is 1. The van der Waals surface area contributed by atoms with E-state index in [1.54, 1.807) is 19.4 Å². The van der Waals surface area contributed by atoms with E-state index in [1.165, 1.54) is 24.1 Å². The van der Waals surface area contributed by atoms with E-state index in [1.807, 2.05) is 6.07 Å². The average molecular weight is 356 g/mol. The summed E-state index contributed by atoms with van der Waals surface area (Å²) < 4.78 is 5.05. The summed E-state index contributed by atoms with van der Waals surface area (Å²) in [6.45, 7) is 4.43. The van der Waals surface area contributed by atoms with Crippen molar-refractivity contribution in [3.05, 3.63) is 48.2 Å². The van der Waals surface area contributed by atoms with Crippen LogP contribution in [0, 0.1) is 0 Å². The topological polar surface area (TPSA) is 49.4 Å². The second-order valence-corrected chi connectivity index (χ2v) is 6.60. The van der Waals surface area contributed by atoms with Gasteiger partial charge in [-0.05, 0) is 55.7 Å². The van der Waals surface area contributed by atoms with Crippen molar-refractivity contribution in [1.29, 1.82) is 0 Å². The van der Waals surface area contributed by atoms with Gasteiger partial charge in [-0.2, -0.15) is 0 Å². The molecule has 2 heterocycles. The minimum absolute atomic E-state index is 0.124. The maximum absolute atomic E-state index is 5.40. The van der Waals surface area contributed by atoms with Gasteiger partial charge in [0.2, 0.25) is 5.88 Å². The molecule has 1 saturated heterocycles. The van der Waals surface area contributed by atoms with Crippen LogP contribution in [0.15, 0.2) is 42.6 Å². The molecule has 3 rings (SSSR count). The quantitative estimate of drug-likeness (QED) is 0.796. The number of rotatable bonds is 5. The van der Waals surface area contributed by atoms with Gasteiger partial charge >= 0.3 is 0 Å². The summed E-state index contributed by atoms with van der Waals surface area (Å²) >= 11 is 5.40. The molecule has 1 fully saturated rings. The van der Waals surface area contributed by atoms with Crippen LogP contribution in [0.1, 0.15) is 31.4 Å². The molecular weight excluding hydrogens is 332 g/mol. The number of pyridine rings is 1. The largest absolute Gasteiger partial charge is 0.481 e. The molecule has 6 heteroatoms. The van der Waals surface area contributed by atoms with E-state index >= 15 is 0 Å². The average Bonchev–Trinajstić information content (AvgIpc) is 3.17. The van der Waals surface area contributed by atoms with Crippen molar-refractivity contribution >= 4 is 28.7 Å². The van der Waals surface area contributed by atoms with Crippen LogP contribution in [0.25, 0.3) is 0 Å². The van der Waals surface area contributed by atoms with Gasteiger partial charge in [-0.25, -0.2) is 4.98 Å². The Balaban J connectivity index is 1.55. The van der Waals surface area contributed by atoms with E-state index in [9.17, 15) is 0 Å². The molecule has 0 unspecified atom stereocenters. The highest BCUT2D eigenvalue weighted by atomic mass is 32.1. The number of hydrogen-bond acceptors (Lipinski definition) is 4. The van der Waals surface area contributed by atoms with Crippen LogP contribution in [-0.4, -0.2) is 30.3 Å². The molecule has 2 N–H and O–H groups in total. The van der Waals surface area contributed by atoms with E-state index in [-0.39, 0.29) is 6.04 Å². The fourth-order valence-corrected chi connectivity index (χ4v) is 3.27. The predicted octanol–water partition coefficient (Wildman–Crippen LogP) is 3.74. The zero-order valence-electron chi connectivity index (χ0n) is 14.7. The number of methoxy groups -OCH3 is 1. The number of nitrogens with zero attached hydrogens (tertiary/aromatic N) is 2. The molecule has 25 heavy (non-hydrogen) atoms. The van der Waals surface area contributed by atoms with Crippen molar-refractivity contribution in [2.45, 2.75) is 25.8 Å². The Labute approximate surface area is 154 Å². The lowest BCUT2D eigenvalue weighted by atomic mass is 10.1. The number of thiocarbonyl (C=S) groups is 1. The number of benzene rings is 1. The second-order valence-electron chi connectivity index (χ2n) is 6.20. The molecule has 2 aromatic rings. The zero-order valence-corrected chi connectivity index (χ0v) is 15.5. The number of ether oxygens (including phenoxy) is 1. The maximum atomic E-state index is 5.40. The highest BCUT2D eigenvalue weighted by Crippen LogP contribution is 2.22. The van der Waals surface area contributed by atoms with E-state index in [4.69, 9.17) is 17.0 Å². The summed E-state index contributed by atoms with van der Waals surface area (Å²) in [5.74, 6) is 0.580. The molecule has 1 atom stereocenters. The Morgan fingerprint density at radius 2 is 1.88 bits per heavy atom. The lowest BCUT2D eigenvalue weighted by molar-refractivity contribution is 0.398. The Kier molecular flexibility index (Phi) is 5.71. The number of anilines is 2. The molecule has 132 valence electrons. The van der Waals surface area contributed by atoms with E-state index < -0.39 is 0 Å². The van der Waals surface area contributed by atoms with Crippen LogP contribution >= 0.6 is 12.2 Å². The number of hydrogen-bond donors (Lipinski definition) is 2. The SMILES string of the molecule is COc1ccc(NC(=S)N[C@@H](C)c2ccc(N3CCCC3)cc2)cn1. The van der Waals surface area contributed by atoms with Gasteiger partial charge in [0.25, 0.3) is 0 Å². The van der Waals surface area contributed by atoms with Crippen molar-refractivity contribution in [3.8, 4) is 5.88 Å². The maximum Gasteiger partial charge on any atom is 0.213 e. The Morgan fingerprint density at radius 1 is 1.16 bits per heavy atom. The van der Waals surface area contributed by atoms with E-state index in [2.05, 4.69) is 51.7 Å². The van der Waals surface area contributed by atoms with Gasteiger partial charge in [0, 0.05) is 24.8 Å². The first kappa shape index (κ1) is 17.5. The third-order valence-electron chi connectivity index (χ3n) is 4.42. The fraction of sp³-hybridized carbons (Fsp3) is 0.368. The third-order valence-corrected chi connectivity index (χ3v) is 4.64. The fourth-order valence-electron chi connectivity index (χ4n) is 2.97. The molecule has 0 amide bonds. The minimum atomic E-state index is 0.124. The first-order valence-electron chi connectivity index (χ1n) is 8.58. The highest BCUT2D eigenvalue weighted by Gasteiger charge is 2.13. The first-order chi connectivity index (χ1) is 12.2. The Hall–Kier alpha value is -2.34. The van der Waals surface area contributed by atoms with Crippen molar-refractivity contribution in [2.75, 3.05) is 30.4 Å². The van der Waals surface area contributed by atoms with Gasteiger partial charge in [0.05, 0.1) is 25.0 Å². The summed E-state index contributed by atoms with van der Waals surface area (Å²) in [6.07, 6.45) is 4.28. The zero-order chi connectivity index (χ0) is 17.6. The molecule has 0 bridgehead atoms. The van der Waals surface area contributed by atoms with Crippen LogP contribution in [0.5, 0.6) is 5.88 Å². The van der Waals surface area contributed by atoms with Crippen LogP contribution in [0.3, 0.4) is 0 Å². The summed E-state index contributed by atoms with van der Waals surface area (Å²) in [6, 6.07) is 12.5. The smallest absolute Gasteiger partial charge is 0.213 e. The standard InChI is InChI=1S/C19H24N4OS/c1-14(15-5-8-17(9-6-15)23-11-3-4-12-23)21-19(25)22-16-7-10-18(24-2)20-13-16/h5-10,13-14H,3-4,11-12H2,1-2H3,(H2,21,22,25)/t14-/m0/s1. The van der Waals surface area contributed by atoms with Gasteiger partial charge in [0.1, 0.15) is 0 Å². The van der Waals surface area contributed by atoms with Gasteiger partial charge < -0.3 is 20.3 Å². The molecule has 0 aliphatic carbocycles. The van der Waals surface area contributed by atoms with E-state index in [0.29, 0.717) is 11.0 Å². The first-order valence-corrected chi connectivity index (χ1v) is 8.99. The lowest BCUT2D eigenvalue weighted by Gasteiger charge is -2.20. The molecule has 1 aliphatic heterocycles. The van der Waals surface area contributed by atoms with Gasteiger partial charge in [-0.1, -0.05) is 12.1 Å². The summed E-state index contributed by atoms with van der Waals surface area (Å²) in [7, 11) is 1.60. The molecule has 0 spiro atoms. The second kappa shape index (κ2) is 8.16. The molecule has 0 saturated carbocycles. The normalized spacial score (nSPS) is 14.9. The highest BCUT2D eigenvalue weighted by molar-refractivity contribution is 7.80. The third kappa shape index (κ3) is 4.60. The van der Waals surface area contributed by atoms with E-state index in [0.717, 1.165) is 18.8 Å². The monoisotopic (exact) mass is 356 g/mol. The molecule has 5 nitrogen and oxygen atoms in total. The van der Waals surface area contributed by atoms with Gasteiger partial charge in [-0.15, -0.1) is 0 Å². The molecular formula is C19H24N4OS. The van der Waals surface area contributed by atoms with Crippen molar-refractivity contribution < 1.29 is 4.74 Å². The Bertz CT molecular complexity index is 696. The van der Waals surface area contributed by atoms with Crippen molar-refractivity contribution in [3.63, 3.8) is 0 Å². The predicted molar refractivity (Wildman–Crippen MR) is 106 cm³/mol. The summed E-state index contributed by atoms with van der Waals surface area (Å²) in [4.78, 5) is 6.59. The molecule has 1 aromatic carbocycles. The van der Waals surface area contributed by atoms with Crippen LogP contribution in [-0.2, 0) is 0 Å². The van der Waals surface area contributed by atoms with Crippen LogP contribution < -0.4 is 20.3 Å². The van der Waals surface area contributed by atoms with Crippen LogP contribution in [0.4, 0.5) is 11.4 Å². The van der Waals surface area contributed by atoms with Gasteiger partial charge in [0.15, 0.2) is 5.11 Å². The lowest BCUT2D eigenvalue weighted by Crippen LogP contribution is -2.31. The molecule has 1 aromatic heterocycles. The van der Waals surface area contributed by atoms with Crippen LogP contribution in [0.2, 0.25) is 0 Å². The van der Waals surface area contributed by atoms with Crippen molar-refractivity contribution in [1.82, 2.24) is 10.3 Å². The molecule has 1 aliphatic rings. The molecule has 0 radical (unpaired) electrons. The Morgan fingerprint density at radius 3 is 2.48 bits per heavy atom.